The second kappa shape index (κ2) is 6.02. The van der Waals surface area contributed by atoms with Crippen molar-refractivity contribution in [3.8, 4) is 0 Å². The number of Topliss-reactive ketones (excluding diaryl/α,β-unsaturated/α-hetero) is 1. The van der Waals surface area contributed by atoms with E-state index in [1.807, 2.05) is 0 Å². The predicted molar refractivity (Wildman–Crippen MR) is 74.7 cm³/mol. The van der Waals surface area contributed by atoms with E-state index in [0.717, 1.165) is 31.2 Å². The Hall–Kier alpha value is -0.930. The molecule has 2 N–H and O–H groups in total. The van der Waals surface area contributed by atoms with Gasteiger partial charge in [0.2, 0.25) is 0 Å². The molecule has 0 unspecified atom stereocenters. The van der Waals surface area contributed by atoms with Crippen LogP contribution < -0.4 is 5.73 Å². The Bertz CT molecular complexity index is 469. The van der Waals surface area contributed by atoms with Crippen molar-refractivity contribution >= 4 is 17.4 Å². The monoisotopic (exact) mass is 283 g/mol. The van der Waals surface area contributed by atoms with E-state index < -0.39 is 5.82 Å². The van der Waals surface area contributed by atoms with E-state index in [-0.39, 0.29) is 22.6 Å². The Morgan fingerprint density at radius 3 is 2.58 bits per heavy atom. The molecule has 1 fully saturated rings. The molecule has 0 heterocycles. The standard InChI is InChI=1S/C15H19ClFNO/c16-12-8-11(4-5-13(12)17)9-14(19)15(10-18)6-2-1-3-7-15/h4-5,8H,1-3,6-7,9-10,18H2. The topological polar surface area (TPSA) is 43.1 Å². The summed E-state index contributed by atoms with van der Waals surface area (Å²) in [5.74, 6) is -0.290. The maximum absolute atomic E-state index is 13.1. The van der Waals surface area contributed by atoms with Crippen LogP contribution in [0.2, 0.25) is 5.02 Å². The van der Waals surface area contributed by atoms with Crippen LogP contribution in [0.3, 0.4) is 0 Å². The first-order chi connectivity index (χ1) is 9.07. The summed E-state index contributed by atoms with van der Waals surface area (Å²) >= 11 is 5.74. The van der Waals surface area contributed by atoms with E-state index in [1.165, 1.54) is 18.6 Å². The summed E-state index contributed by atoms with van der Waals surface area (Å²) in [6.07, 6.45) is 5.34. The van der Waals surface area contributed by atoms with Gasteiger partial charge in [0.05, 0.1) is 5.02 Å². The summed E-state index contributed by atoms with van der Waals surface area (Å²) in [6, 6.07) is 4.45. The van der Waals surface area contributed by atoms with Gasteiger partial charge in [-0.25, -0.2) is 4.39 Å². The Morgan fingerprint density at radius 2 is 2.00 bits per heavy atom. The fourth-order valence-electron chi connectivity index (χ4n) is 2.85. The molecule has 0 bridgehead atoms. The summed E-state index contributed by atoms with van der Waals surface area (Å²) in [6.45, 7) is 0.404. The Balaban J connectivity index is 2.12. The van der Waals surface area contributed by atoms with Crippen LogP contribution in [-0.4, -0.2) is 12.3 Å². The molecule has 1 aromatic rings. The molecule has 1 saturated carbocycles. The highest BCUT2D eigenvalue weighted by Gasteiger charge is 2.37. The highest BCUT2D eigenvalue weighted by molar-refractivity contribution is 6.30. The molecule has 4 heteroatoms. The molecule has 2 rings (SSSR count). The van der Waals surface area contributed by atoms with Gasteiger partial charge in [-0.3, -0.25) is 4.79 Å². The number of hydrogen-bond donors (Lipinski definition) is 1. The number of hydrogen-bond acceptors (Lipinski definition) is 2. The third-order valence-electron chi connectivity index (χ3n) is 4.14. The van der Waals surface area contributed by atoms with Gasteiger partial charge in [0, 0.05) is 18.4 Å². The van der Waals surface area contributed by atoms with Crippen LogP contribution in [0.5, 0.6) is 0 Å². The second-order valence-electron chi connectivity index (χ2n) is 5.39. The Morgan fingerprint density at radius 1 is 1.32 bits per heavy atom. The zero-order valence-electron chi connectivity index (χ0n) is 10.9. The van der Waals surface area contributed by atoms with E-state index >= 15 is 0 Å². The molecule has 1 aromatic carbocycles. The van der Waals surface area contributed by atoms with Gasteiger partial charge < -0.3 is 5.73 Å². The van der Waals surface area contributed by atoms with Crippen LogP contribution in [0.25, 0.3) is 0 Å². The van der Waals surface area contributed by atoms with Gasteiger partial charge in [-0.05, 0) is 30.5 Å². The largest absolute Gasteiger partial charge is 0.329 e. The van der Waals surface area contributed by atoms with Gasteiger partial charge in [0.25, 0.3) is 0 Å². The molecule has 0 aliphatic heterocycles. The summed E-state index contributed by atoms with van der Waals surface area (Å²) in [5.41, 5.74) is 6.22. The minimum Gasteiger partial charge on any atom is -0.329 e. The minimum absolute atomic E-state index is 0.0655. The SMILES string of the molecule is NCC1(C(=O)Cc2ccc(F)c(Cl)c2)CCCCC1. The summed E-state index contributed by atoms with van der Waals surface area (Å²) in [7, 11) is 0. The fourth-order valence-corrected chi connectivity index (χ4v) is 3.05. The predicted octanol–water partition coefficient (Wildman–Crippen LogP) is 3.50. The zero-order valence-corrected chi connectivity index (χ0v) is 11.7. The van der Waals surface area contributed by atoms with E-state index in [9.17, 15) is 9.18 Å². The van der Waals surface area contributed by atoms with Crippen molar-refractivity contribution in [3.63, 3.8) is 0 Å². The number of benzene rings is 1. The van der Waals surface area contributed by atoms with E-state index in [1.54, 1.807) is 6.07 Å². The number of carbonyl (C=O) groups is 1. The quantitative estimate of drug-likeness (QED) is 0.919. The number of ketones is 1. The van der Waals surface area contributed by atoms with Crippen molar-refractivity contribution < 1.29 is 9.18 Å². The van der Waals surface area contributed by atoms with Crippen LogP contribution in [0.15, 0.2) is 18.2 Å². The van der Waals surface area contributed by atoms with Crippen LogP contribution in [-0.2, 0) is 11.2 Å². The van der Waals surface area contributed by atoms with Crippen LogP contribution in [0.4, 0.5) is 4.39 Å². The number of rotatable bonds is 4. The van der Waals surface area contributed by atoms with E-state index in [4.69, 9.17) is 17.3 Å². The maximum Gasteiger partial charge on any atom is 0.144 e. The van der Waals surface area contributed by atoms with E-state index in [2.05, 4.69) is 0 Å². The van der Waals surface area contributed by atoms with Gasteiger partial charge in [0.15, 0.2) is 0 Å². The lowest BCUT2D eigenvalue weighted by Gasteiger charge is -2.34. The van der Waals surface area contributed by atoms with E-state index in [0.29, 0.717) is 6.54 Å². The molecule has 0 amide bonds. The van der Waals surface area contributed by atoms with Gasteiger partial charge in [-0.2, -0.15) is 0 Å². The molecule has 1 aliphatic rings. The average molecular weight is 284 g/mol. The van der Waals surface area contributed by atoms with Crippen molar-refractivity contribution in [2.45, 2.75) is 38.5 Å². The smallest absolute Gasteiger partial charge is 0.144 e. The maximum atomic E-state index is 13.1. The first-order valence-corrected chi connectivity index (χ1v) is 7.12. The van der Waals surface area contributed by atoms with Crippen LogP contribution in [0.1, 0.15) is 37.7 Å². The van der Waals surface area contributed by atoms with Crippen molar-refractivity contribution in [3.05, 3.63) is 34.6 Å². The van der Waals surface area contributed by atoms with Crippen molar-refractivity contribution in [2.75, 3.05) is 6.54 Å². The van der Waals surface area contributed by atoms with Crippen LogP contribution >= 0.6 is 11.6 Å². The first-order valence-electron chi connectivity index (χ1n) is 6.75. The molecule has 0 aromatic heterocycles. The second-order valence-corrected chi connectivity index (χ2v) is 5.80. The summed E-state index contributed by atoms with van der Waals surface area (Å²) < 4.78 is 13.1. The van der Waals surface area contributed by atoms with Crippen molar-refractivity contribution in [2.24, 2.45) is 11.1 Å². The molecule has 19 heavy (non-hydrogen) atoms. The molecule has 104 valence electrons. The molecule has 0 atom stereocenters. The van der Waals surface area contributed by atoms with Gasteiger partial charge in [0.1, 0.15) is 11.6 Å². The normalized spacial score (nSPS) is 18.3. The Labute approximate surface area is 118 Å². The molecule has 2 nitrogen and oxygen atoms in total. The third-order valence-corrected chi connectivity index (χ3v) is 4.43. The van der Waals surface area contributed by atoms with Crippen LogP contribution in [0, 0.1) is 11.2 Å². The van der Waals surface area contributed by atoms with Crippen molar-refractivity contribution in [1.82, 2.24) is 0 Å². The summed E-state index contributed by atoms with van der Waals surface area (Å²) in [5, 5.41) is 0.0655. The number of halogens is 2. The third kappa shape index (κ3) is 3.15. The lowest BCUT2D eigenvalue weighted by molar-refractivity contribution is -0.129. The molecule has 1 aliphatic carbocycles. The average Bonchev–Trinajstić information content (AvgIpc) is 2.43. The molecular weight excluding hydrogens is 265 g/mol. The van der Waals surface area contributed by atoms with Gasteiger partial charge >= 0.3 is 0 Å². The highest BCUT2D eigenvalue weighted by atomic mass is 35.5. The van der Waals surface area contributed by atoms with Crippen molar-refractivity contribution in [1.29, 1.82) is 0 Å². The Kier molecular flexibility index (Phi) is 4.58. The number of nitrogens with two attached hydrogens (primary N) is 1. The molecule has 0 saturated heterocycles. The first kappa shape index (κ1) is 14.5. The van der Waals surface area contributed by atoms with Gasteiger partial charge in [-0.15, -0.1) is 0 Å². The highest BCUT2D eigenvalue weighted by Crippen LogP contribution is 2.37. The molecule has 0 spiro atoms. The van der Waals surface area contributed by atoms with Gasteiger partial charge in [-0.1, -0.05) is 36.9 Å². The lowest BCUT2D eigenvalue weighted by Crippen LogP contribution is -2.41. The fraction of sp³-hybridized carbons (Fsp3) is 0.533. The summed E-state index contributed by atoms with van der Waals surface area (Å²) in [4.78, 5) is 12.5. The zero-order chi connectivity index (χ0) is 13.9. The molecular formula is C15H19ClFNO. The minimum atomic E-state index is -0.455. The number of carbonyl (C=O) groups excluding carboxylic acids is 1. The molecule has 0 radical (unpaired) electrons. The lowest BCUT2D eigenvalue weighted by atomic mass is 9.70.